The Morgan fingerprint density at radius 3 is 2.42 bits per heavy atom. The second-order valence-electron chi connectivity index (χ2n) is 7.99. The van der Waals surface area contributed by atoms with Crippen molar-refractivity contribution in [3.63, 3.8) is 0 Å². The van der Waals surface area contributed by atoms with E-state index in [9.17, 15) is 0 Å². The number of hydrogen-bond acceptors (Lipinski definition) is 5. The highest BCUT2D eigenvalue weighted by atomic mass is 35.5. The van der Waals surface area contributed by atoms with Crippen LogP contribution in [0.1, 0.15) is 22.7 Å². The van der Waals surface area contributed by atoms with E-state index in [1.54, 1.807) is 6.07 Å². The fraction of sp³-hybridized carbons (Fsp3) is 0.269. The van der Waals surface area contributed by atoms with E-state index in [4.69, 9.17) is 38.3 Å². The first kappa shape index (κ1) is 23.4. The van der Waals surface area contributed by atoms with Gasteiger partial charge in [-0.15, -0.1) is 0 Å². The molecule has 0 aliphatic carbocycles. The standard InChI is InChI=1S/C26H25Cl2N3O2/c27-22-7-5-21(6-8-22)26-18-30(17-20-3-1-19(16-29)2-4-20)11-12-31(26)25-10-9-23(15-24(25)28)33-14-13-32/h1-10,15,26,32H,11-14,17-18H2/t26-/m0/s1. The van der Waals surface area contributed by atoms with E-state index in [0.29, 0.717) is 21.4 Å². The Morgan fingerprint density at radius 2 is 1.76 bits per heavy atom. The van der Waals surface area contributed by atoms with Crippen LogP contribution in [0.4, 0.5) is 5.69 Å². The first-order chi connectivity index (χ1) is 16.1. The van der Waals surface area contributed by atoms with Crippen LogP contribution in [0.3, 0.4) is 0 Å². The topological polar surface area (TPSA) is 59.7 Å². The second-order valence-corrected chi connectivity index (χ2v) is 8.83. The minimum Gasteiger partial charge on any atom is -0.491 e. The van der Waals surface area contributed by atoms with E-state index in [0.717, 1.165) is 31.9 Å². The van der Waals surface area contributed by atoms with Crippen molar-refractivity contribution in [2.24, 2.45) is 0 Å². The Kier molecular flexibility index (Phi) is 7.74. The lowest BCUT2D eigenvalue weighted by molar-refractivity contribution is 0.201. The van der Waals surface area contributed by atoms with Gasteiger partial charge in [-0.05, 0) is 47.5 Å². The van der Waals surface area contributed by atoms with Crippen molar-refractivity contribution < 1.29 is 9.84 Å². The maximum absolute atomic E-state index is 9.04. The van der Waals surface area contributed by atoms with Crippen molar-refractivity contribution in [2.75, 3.05) is 37.7 Å². The zero-order chi connectivity index (χ0) is 23.2. The molecule has 1 heterocycles. The third-order valence-electron chi connectivity index (χ3n) is 5.80. The van der Waals surface area contributed by atoms with Crippen LogP contribution in [0.25, 0.3) is 0 Å². The summed E-state index contributed by atoms with van der Waals surface area (Å²) in [6.45, 7) is 3.51. The molecule has 0 unspecified atom stereocenters. The Labute approximate surface area is 204 Å². The number of aliphatic hydroxyl groups excluding tert-OH is 1. The molecule has 7 heteroatoms. The molecule has 1 atom stereocenters. The summed E-state index contributed by atoms with van der Waals surface area (Å²) >= 11 is 12.8. The summed E-state index contributed by atoms with van der Waals surface area (Å²) in [6, 6.07) is 23.7. The quantitative estimate of drug-likeness (QED) is 0.495. The van der Waals surface area contributed by atoms with Gasteiger partial charge < -0.3 is 14.7 Å². The highest BCUT2D eigenvalue weighted by Crippen LogP contribution is 2.37. The van der Waals surface area contributed by atoms with Gasteiger partial charge in [0.2, 0.25) is 0 Å². The number of benzene rings is 3. The fourth-order valence-electron chi connectivity index (χ4n) is 4.16. The summed E-state index contributed by atoms with van der Waals surface area (Å²) in [7, 11) is 0. The summed E-state index contributed by atoms with van der Waals surface area (Å²) in [5.74, 6) is 0.639. The third-order valence-corrected chi connectivity index (χ3v) is 6.35. The lowest BCUT2D eigenvalue weighted by Crippen LogP contribution is -2.48. The van der Waals surface area contributed by atoms with Crippen molar-refractivity contribution in [1.82, 2.24) is 4.90 Å². The monoisotopic (exact) mass is 481 g/mol. The van der Waals surface area contributed by atoms with Crippen LogP contribution in [0, 0.1) is 11.3 Å². The Balaban J connectivity index is 1.58. The van der Waals surface area contributed by atoms with Crippen LogP contribution in [-0.2, 0) is 6.54 Å². The predicted octanol–water partition coefficient (Wildman–Crippen LogP) is 5.30. The molecule has 33 heavy (non-hydrogen) atoms. The lowest BCUT2D eigenvalue weighted by Gasteiger charge is -2.43. The van der Waals surface area contributed by atoms with Crippen LogP contribution in [-0.4, -0.2) is 42.9 Å². The van der Waals surface area contributed by atoms with E-state index in [1.165, 1.54) is 11.1 Å². The molecule has 1 aliphatic heterocycles. The van der Waals surface area contributed by atoms with Crippen LogP contribution < -0.4 is 9.64 Å². The molecule has 3 aromatic carbocycles. The highest BCUT2D eigenvalue weighted by molar-refractivity contribution is 6.33. The summed E-state index contributed by atoms with van der Waals surface area (Å²) in [5.41, 5.74) is 3.97. The molecule has 170 valence electrons. The molecule has 1 saturated heterocycles. The maximum Gasteiger partial charge on any atom is 0.121 e. The normalized spacial score (nSPS) is 16.4. The number of piperazine rings is 1. The third kappa shape index (κ3) is 5.79. The number of hydrogen-bond donors (Lipinski definition) is 1. The molecule has 4 rings (SSSR count). The number of anilines is 1. The number of rotatable bonds is 7. The lowest BCUT2D eigenvalue weighted by atomic mass is 10.0. The van der Waals surface area contributed by atoms with Crippen molar-refractivity contribution >= 4 is 28.9 Å². The van der Waals surface area contributed by atoms with Crippen LogP contribution in [0.15, 0.2) is 66.7 Å². The van der Waals surface area contributed by atoms with Crippen molar-refractivity contribution in [3.8, 4) is 11.8 Å². The van der Waals surface area contributed by atoms with E-state index < -0.39 is 0 Å². The Bertz CT molecular complexity index is 1110. The minimum absolute atomic E-state index is 0.0425. The summed E-state index contributed by atoms with van der Waals surface area (Å²) in [6.07, 6.45) is 0. The van der Waals surface area contributed by atoms with E-state index in [-0.39, 0.29) is 19.3 Å². The molecule has 0 amide bonds. The van der Waals surface area contributed by atoms with Crippen molar-refractivity contribution in [2.45, 2.75) is 12.6 Å². The number of nitriles is 1. The van der Waals surface area contributed by atoms with Gasteiger partial charge in [0.25, 0.3) is 0 Å². The van der Waals surface area contributed by atoms with Gasteiger partial charge in [0.05, 0.1) is 35.0 Å². The molecule has 1 N–H and O–H groups in total. The highest BCUT2D eigenvalue weighted by Gasteiger charge is 2.30. The molecule has 0 saturated carbocycles. The van der Waals surface area contributed by atoms with Crippen molar-refractivity contribution in [3.05, 3.63) is 93.5 Å². The molecular formula is C26H25Cl2N3O2. The van der Waals surface area contributed by atoms with E-state index in [2.05, 4.69) is 28.0 Å². The molecule has 0 spiro atoms. The Hall–Kier alpha value is -2.75. The Morgan fingerprint density at radius 1 is 1.00 bits per heavy atom. The molecule has 1 fully saturated rings. The number of nitrogens with zero attached hydrogens (tertiary/aromatic N) is 3. The number of halogens is 2. The fourth-order valence-corrected chi connectivity index (χ4v) is 4.56. The van der Waals surface area contributed by atoms with Gasteiger partial charge in [-0.25, -0.2) is 0 Å². The van der Waals surface area contributed by atoms with E-state index >= 15 is 0 Å². The van der Waals surface area contributed by atoms with Gasteiger partial charge in [0.15, 0.2) is 0 Å². The average molecular weight is 482 g/mol. The van der Waals surface area contributed by atoms with Crippen LogP contribution in [0.5, 0.6) is 5.75 Å². The van der Waals surface area contributed by atoms with Crippen LogP contribution in [0.2, 0.25) is 10.0 Å². The predicted molar refractivity (Wildman–Crippen MR) is 132 cm³/mol. The van der Waals surface area contributed by atoms with Gasteiger partial charge in [-0.3, -0.25) is 4.90 Å². The van der Waals surface area contributed by atoms with Gasteiger partial charge in [0.1, 0.15) is 12.4 Å². The SMILES string of the molecule is N#Cc1ccc(CN2CCN(c3ccc(OCCO)cc3Cl)[C@H](c3ccc(Cl)cc3)C2)cc1. The zero-order valence-electron chi connectivity index (χ0n) is 18.1. The molecule has 3 aromatic rings. The smallest absolute Gasteiger partial charge is 0.121 e. The summed E-state index contributed by atoms with van der Waals surface area (Å²) in [5, 5.41) is 19.4. The largest absolute Gasteiger partial charge is 0.491 e. The van der Waals surface area contributed by atoms with Gasteiger partial charge in [-0.2, -0.15) is 5.26 Å². The molecule has 5 nitrogen and oxygen atoms in total. The molecule has 0 bridgehead atoms. The van der Waals surface area contributed by atoms with Crippen LogP contribution >= 0.6 is 23.2 Å². The molecule has 0 aromatic heterocycles. The molecule has 0 radical (unpaired) electrons. The maximum atomic E-state index is 9.04. The number of ether oxygens (including phenoxy) is 1. The average Bonchev–Trinajstić information content (AvgIpc) is 2.84. The van der Waals surface area contributed by atoms with E-state index in [1.807, 2.05) is 48.5 Å². The molecular weight excluding hydrogens is 457 g/mol. The first-order valence-corrected chi connectivity index (χ1v) is 11.6. The number of aliphatic hydroxyl groups is 1. The van der Waals surface area contributed by atoms with Gasteiger partial charge in [0, 0.05) is 37.3 Å². The van der Waals surface area contributed by atoms with Crippen molar-refractivity contribution in [1.29, 1.82) is 5.26 Å². The zero-order valence-corrected chi connectivity index (χ0v) is 19.6. The second kappa shape index (κ2) is 10.9. The van der Waals surface area contributed by atoms with Gasteiger partial charge >= 0.3 is 0 Å². The first-order valence-electron chi connectivity index (χ1n) is 10.8. The van der Waals surface area contributed by atoms with Gasteiger partial charge in [-0.1, -0.05) is 47.5 Å². The minimum atomic E-state index is -0.0425. The summed E-state index contributed by atoms with van der Waals surface area (Å²) in [4.78, 5) is 4.75. The summed E-state index contributed by atoms with van der Waals surface area (Å²) < 4.78 is 5.51. The molecule has 1 aliphatic rings.